The standard InChI is InChI=1S/C11H12IN/c12-9-3-1-2-7-6-8-4-5-10(13-8)11(7)9/h1-3,8,10,13H,4-6H2/t8-,10+/m1/s1. The van der Waals surface area contributed by atoms with Gasteiger partial charge >= 0.3 is 0 Å². The van der Waals surface area contributed by atoms with Crippen LogP contribution in [-0.2, 0) is 6.42 Å². The van der Waals surface area contributed by atoms with Gasteiger partial charge in [-0.15, -0.1) is 0 Å². The van der Waals surface area contributed by atoms with E-state index in [2.05, 4.69) is 46.1 Å². The fourth-order valence-electron chi connectivity index (χ4n) is 2.62. The van der Waals surface area contributed by atoms with Crippen LogP contribution in [0.2, 0.25) is 0 Å². The summed E-state index contributed by atoms with van der Waals surface area (Å²) in [5, 5.41) is 3.68. The van der Waals surface area contributed by atoms with Gasteiger partial charge in [-0.3, -0.25) is 0 Å². The molecule has 2 heterocycles. The van der Waals surface area contributed by atoms with Crippen LogP contribution in [0.3, 0.4) is 0 Å². The highest BCUT2D eigenvalue weighted by molar-refractivity contribution is 14.1. The van der Waals surface area contributed by atoms with Crippen LogP contribution in [0.25, 0.3) is 0 Å². The lowest BCUT2D eigenvalue weighted by Crippen LogP contribution is -2.32. The predicted molar refractivity (Wildman–Crippen MR) is 61.8 cm³/mol. The van der Waals surface area contributed by atoms with Crippen molar-refractivity contribution in [2.75, 3.05) is 0 Å². The molecule has 2 atom stereocenters. The van der Waals surface area contributed by atoms with E-state index in [4.69, 9.17) is 0 Å². The second kappa shape index (κ2) is 2.95. The molecule has 2 bridgehead atoms. The number of hydrogen-bond donors (Lipinski definition) is 1. The molecule has 0 amide bonds. The molecule has 2 aliphatic heterocycles. The Hall–Kier alpha value is -0.0900. The third kappa shape index (κ3) is 1.22. The second-order valence-electron chi connectivity index (χ2n) is 4.01. The van der Waals surface area contributed by atoms with Gasteiger partial charge in [0.25, 0.3) is 0 Å². The van der Waals surface area contributed by atoms with Crippen LogP contribution in [0.5, 0.6) is 0 Å². The van der Waals surface area contributed by atoms with E-state index >= 15 is 0 Å². The Morgan fingerprint density at radius 2 is 2.23 bits per heavy atom. The number of nitrogens with one attached hydrogen (secondary N) is 1. The van der Waals surface area contributed by atoms with Crippen molar-refractivity contribution in [1.82, 2.24) is 5.32 Å². The number of halogens is 1. The molecule has 0 radical (unpaired) electrons. The van der Waals surface area contributed by atoms with Gasteiger partial charge in [-0.2, -0.15) is 0 Å². The zero-order chi connectivity index (χ0) is 8.84. The number of fused-ring (bicyclic) bond motifs is 4. The highest BCUT2D eigenvalue weighted by Gasteiger charge is 2.32. The molecule has 2 heteroatoms. The molecule has 13 heavy (non-hydrogen) atoms. The zero-order valence-electron chi connectivity index (χ0n) is 7.39. The van der Waals surface area contributed by atoms with E-state index in [0.29, 0.717) is 6.04 Å². The summed E-state index contributed by atoms with van der Waals surface area (Å²) in [4.78, 5) is 0. The fraction of sp³-hybridized carbons (Fsp3) is 0.455. The molecule has 1 aromatic carbocycles. The molecule has 3 rings (SSSR count). The summed E-state index contributed by atoms with van der Waals surface area (Å²) in [7, 11) is 0. The Labute approximate surface area is 92.1 Å². The summed E-state index contributed by atoms with van der Waals surface area (Å²) in [6.45, 7) is 0. The minimum Gasteiger partial charge on any atom is -0.307 e. The monoisotopic (exact) mass is 285 g/mol. The molecule has 0 aromatic heterocycles. The Balaban J connectivity index is 2.17. The Morgan fingerprint density at radius 1 is 1.31 bits per heavy atom. The third-order valence-electron chi connectivity index (χ3n) is 3.20. The maximum absolute atomic E-state index is 3.68. The first-order chi connectivity index (χ1) is 6.34. The van der Waals surface area contributed by atoms with Gasteiger partial charge in [0.2, 0.25) is 0 Å². The summed E-state index contributed by atoms with van der Waals surface area (Å²) >= 11 is 2.46. The van der Waals surface area contributed by atoms with E-state index in [1.807, 2.05) is 0 Å². The van der Waals surface area contributed by atoms with Gasteiger partial charge in [0.15, 0.2) is 0 Å². The number of rotatable bonds is 0. The average molecular weight is 285 g/mol. The molecule has 0 unspecified atom stereocenters. The Morgan fingerprint density at radius 3 is 3.15 bits per heavy atom. The number of benzene rings is 1. The van der Waals surface area contributed by atoms with E-state index in [1.54, 1.807) is 11.1 Å². The number of hydrogen-bond acceptors (Lipinski definition) is 1. The van der Waals surface area contributed by atoms with E-state index in [0.717, 1.165) is 6.04 Å². The summed E-state index contributed by atoms with van der Waals surface area (Å²) in [6.07, 6.45) is 3.93. The molecular formula is C11H12IN. The topological polar surface area (TPSA) is 12.0 Å². The maximum Gasteiger partial charge on any atom is 0.0336 e. The van der Waals surface area contributed by atoms with Crippen molar-refractivity contribution in [2.24, 2.45) is 0 Å². The van der Waals surface area contributed by atoms with E-state index in [1.165, 1.54) is 22.8 Å². The van der Waals surface area contributed by atoms with E-state index in [9.17, 15) is 0 Å². The first-order valence-electron chi connectivity index (χ1n) is 4.88. The van der Waals surface area contributed by atoms with Crippen LogP contribution < -0.4 is 5.32 Å². The lowest BCUT2D eigenvalue weighted by Gasteiger charge is -2.25. The second-order valence-corrected chi connectivity index (χ2v) is 5.17. The first-order valence-corrected chi connectivity index (χ1v) is 5.96. The zero-order valence-corrected chi connectivity index (χ0v) is 9.54. The fourth-order valence-corrected chi connectivity index (χ4v) is 3.55. The molecule has 1 N–H and O–H groups in total. The molecule has 68 valence electrons. The van der Waals surface area contributed by atoms with Crippen molar-refractivity contribution in [2.45, 2.75) is 31.3 Å². The maximum atomic E-state index is 3.68. The summed E-state index contributed by atoms with van der Waals surface area (Å²) in [5.41, 5.74) is 3.16. The molecular weight excluding hydrogens is 273 g/mol. The van der Waals surface area contributed by atoms with Crippen LogP contribution in [0, 0.1) is 3.57 Å². The minimum absolute atomic E-state index is 0.654. The summed E-state index contributed by atoms with van der Waals surface area (Å²) in [6, 6.07) is 8.12. The van der Waals surface area contributed by atoms with Gasteiger partial charge in [-0.1, -0.05) is 12.1 Å². The normalized spacial score (nSPS) is 30.2. The molecule has 1 aromatic rings. The molecule has 0 spiro atoms. The summed E-state index contributed by atoms with van der Waals surface area (Å²) in [5.74, 6) is 0. The van der Waals surface area contributed by atoms with Gasteiger partial charge in [0.1, 0.15) is 0 Å². The van der Waals surface area contributed by atoms with Gasteiger partial charge in [0, 0.05) is 15.7 Å². The van der Waals surface area contributed by atoms with Crippen LogP contribution >= 0.6 is 22.6 Å². The van der Waals surface area contributed by atoms with E-state index in [-0.39, 0.29) is 0 Å². The summed E-state index contributed by atoms with van der Waals surface area (Å²) < 4.78 is 1.44. The van der Waals surface area contributed by atoms with Crippen molar-refractivity contribution in [3.8, 4) is 0 Å². The highest BCUT2D eigenvalue weighted by Crippen LogP contribution is 2.37. The predicted octanol–water partition coefficient (Wildman–Crippen LogP) is 2.64. The molecule has 1 saturated heterocycles. The minimum atomic E-state index is 0.654. The quantitative estimate of drug-likeness (QED) is 0.723. The van der Waals surface area contributed by atoms with E-state index < -0.39 is 0 Å². The average Bonchev–Trinajstić information content (AvgIpc) is 2.48. The third-order valence-corrected chi connectivity index (χ3v) is 4.14. The first kappa shape index (κ1) is 8.24. The van der Waals surface area contributed by atoms with Crippen LogP contribution in [-0.4, -0.2) is 6.04 Å². The molecule has 0 aliphatic carbocycles. The SMILES string of the molecule is Ic1cccc2c1[C@@H]1CC[C@H](C2)N1. The van der Waals surface area contributed by atoms with Crippen LogP contribution in [0.4, 0.5) is 0 Å². The van der Waals surface area contributed by atoms with Crippen molar-refractivity contribution in [3.05, 3.63) is 32.9 Å². The van der Waals surface area contributed by atoms with Crippen LogP contribution in [0.15, 0.2) is 18.2 Å². The lowest BCUT2D eigenvalue weighted by molar-refractivity contribution is 0.513. The van der Waals surface area contributed by atoms with Crippen LogP contribution in [0.1, 0.15) is 30.0 Å². The Bertz CT molecular complexity index is 348. The van der Waals surface area contributed by atoms with Crippen molar-refractivity contribution >= 4 is 22.6 Å². The highest BCUT2D eigenvalue weighted by atomic mass is 127. The van der Waals surface area contributed by atoms with Crippen molar-refractivity contribution in [1.29, 1.82) is 0 Å². The smallest absolute Gasteiger partial charge is 0.0336 e. The Kier molecular flexibility index (Phi) is 1.87. The molecule has 1 nitrogen and oxygen atoms in total. The van der Waals surface area contributed by atoms with Gasteiger partial charge in [-0.05, 0) is 59.0 Å². The van der Waals surface area contributed by atoms with Crippen molar-refractivity contribution in [3.63, 3.8) is 0 Å². The van der Waals surface area contributed by atoms with Gasteiger partial charge in [0.05, 0.1) is 0 Å². The van der Waals surface area contributed by atoms with Gasteiger partial charge < -0.3 is 5.32 Å². The molecule has 2 aliphatic rings. The lowest BCUT2D eigenvalue weighted by atomic mass is 9.95. The largest absolute Gasteiger partial charge is 0.307 e. The molecule has 1 fully saturated rings. The van der Waals surface area contributed by atoms with Crippen molar-refractivity contribution < 1.29 is 0 Å². The van der Waals surface area contributed by atoms with Gasteiger partial charge in [-0.25, -0.2) is 0 Å². The molecule has 0 saturated carbocycles.